The minimum atomic E-state index is -0.312. The highest BCUT2D eigenvalue weighted by Crippen LogP contribution is 2.16. The molecule has 0 aliphatic rings. The lowest BCUT2D eigenvalue weighted by Gasteiger charge is -2.22. The standard InChI is InChI=1S/C24H22FN3O2/c1-30-23-11-9-22(10-12-23)27-24(29)17-28(16-20-3-2-4-21(25)13-20)15-19-7-5-18(14-26)6-8-19/h2-13H,15-17H2,1H3,(H,27,29). The van der Waals surface area contributed by atoms with Crippen LogP contribution in [0.2, 0.25) is 0 Å². The lowest BCUT2D eigenvalue weighted by atomic mass is 10.1. The molecule has 30 heavy (non-hydrogen) atoms. The van der Waals surface area contributed by atoms with Crippen molar-refractivity contribution in [2.45, 2.75) is 13.1 Å². The van der Waals surface area contributed by atoms with E-state index in [9.17, 15) is 9.18 Å². The number of carbonyl (C=O) groups excluding carboxylic acids is 1. The van der Waals surface area contributed by atoms with Gasteiger partial charge < -0.3 is 10.1 Å². The summed E-state index contributed by atoms with van der Waals surface area (Å²) in [5.74, 6) is 0.222. The maximum atomic E-state index is 13.6. The third-order valence-electron chi connectivity index (χ3n) is 4.53. The van der Waals surface area contributed by atoms with Crippen LogP contribution in [-0.2, 0) is 17.9 Å². The van der Waals surface area contributed by atoms with E-state index in [1.165, 1.54) is 12.1 Å². The van der Waals surface area contributed by atoms with Gasteiger partial charge in [-0.05, 0) is 59.7 Å². The number of halogens is 1. The van der Waals surface area contributed by atoms with Gasteiger partial charge in [0, 0.05) is 18.8 Å². The summed E-state index contributed by atoms with van der Waals surface area (Å²) in [6, 6.07) is 22.7. The van der Waals surface area contributed by atoms with Crippen molar-refractivity contribution in [3.05, 3.63) is 95.3 Å². The molecule has 0 bridgehead atoms. The van der Waals surface area contributed by atoms with Crippen LogP contribution < -0.4 is 10.1 Å². The highest BCUT2D eigenvalue weighted by molar-refractivity contribution is 5.92. The number of carbonyl (C=O) groups is 1. The molecule has 0 aliphatic carbocycles. The molecule has 3 aromatic carbocycles. The highest BCUT2D eigenvalue weighted by Gasteiger charge is 2.13. The van der Waals surface area contributed by atoms with Crippen molar-refractivity contribution in [1.82, 2.24) is 4.90 Å². The smallest absolute Gasteiger partial charge is 0.238 e. The number of hydrogen-bond donors (Lipinski definition) is 1. The van der Waals surface area contributed by atoms with Crippen molar-refractivity contribution in [3.63, 3.8) is 0 Å². The molecule has 5 nitrogen and oxygen atoms in total. The predicted octanol–water partition coefficient (Wildman–Crippen LogP) is 4.35. The summed E-state index contributed by atoms with van der Waals surface area (Å²) >= 11 is 0. The van der Waals surface area contributed by atoms with Gasteiger partial charge in [-0.1, -0.05) is 24.3 Å². The van der Waals surface area contributed by atoms with Crippen LogP contribution in [0, 0.1) is 17.1 Å². The first kappa shape index (κ1) is 21.0. The average Bonchev–Trinajstić information content (AvgIpc) is 2.75. The van der Waals surface area contributed by atoms with E-state index < -0.39 is 0 Å². The zero-order valence-electron chi connectivity index (χ0n) is 16.6. The monoisotopic (exact) mass is 403 g/mol. The first-order valence-electron chi connectivity index (χ1n) is 9.45. The molecule has 0 saturated heterocycles. The fraction of sp³-hybridized carbons (Fsp3) is 0.167. The van der Waals surface area contributed by atoms with E-state index in [2.05, 4.69) is 11.4 Å². The summed E-state index contributed by atoms with van der Waals surface area (Å²) in [5.41, 5.74) is 2.99. The van der Waals surface area contributed by atoms with Gasteiger partial charge >= 0.3 is 0 Å². The topological polar surface area (TPSA) is 65.4 Å². The van der Waals surface area contributed by atoms with E-state index in [0.717, 1.165) is 11.1 Å². The van der Waals surface area contributed by atoms with Crippen molar-refractivity contribution in [1.29, 1.82) is 5.26 Å². The van der Waals surface area contributed by atoms with Crippen LogP contribution >= 0.6 is 0 Å². The van der Waals surface area contributed by atoms with E-state index in [0.29, 0.717) is 30.1 Å². The minimum absolute atomic E-state index is 0.128. The number of hydrogen-bond acceptors (Lipinski definition) is 4. The Bertz CT molecular complexity index is 1030. The summed E-state index contributed by atoms with van der Waals surface area (Å²) in [6.07, 6.45) is 0. The van der Waals surface area contributed by atoms with E-state index in [1.807, 2.05) is 23.1 Å². The van der Waals surface area contributed by atoms with Gasteiger partial charge in [0.25, 0.3) is 0 Å². The number of amides is 1. The molecule has 0 aliphatic heterocycles. The minimum Gasteiger partial charge on any atom is -0.497 e. The zero-order chi connectivity index (χ0) is 21.3. The first-order chi connectivity index (χ1) is 14.6. The Morgan fingerprint density at radius 2 is 1.73 bits per heavy atom. The van der Waals surface area contributed by atoms with Gasteiger partial charge in [0.15, 0.2) is 0 Å². The van der Waals surface area contributed by atoms with E-state index in [-0.39, 0.29) is 18.3 Å². The second kappa shape index (κ2) is 10.2. The molecule has 3 rings (SSSR count). The Morgan fingerprint density at radius 1 is 1.03 bits per heavy atom. The van der Waals surface area contributed by atoms with Gasteiger partial charge in [-0.25, -0.2) is 4.39 Å². The Balaban J connectivity index is 1.71. The van der Waals surface area contributed by atoms with Gasteiger partial charge in [0.05, 0.1) is 25.3 Å². The van der Waals surface area contributed by atoms with Crippen LogP contribution in [0.5, 0.6) is 5.75 Å². The SMILES string of the molecule is COc1ccc(NC(=O)CN(Cc2ccc(C#N)cc2)Cc2cccc(F)c2)cc1. The maximum Gasteiger partial charge on any atom is 0.238 e. The van der Waals surface area contributed by atoms with Crippen molar-refractivity contribution < 1.29 is 13.9 Å². The Hall–Kier alpha value is -3.69. The van der Waals surface area contributed by atoms with Crippen molar-refractivity contribution in [3.8, 4) is 11.8 Å². The third-order valence-corrected chi connectivity index (χ3v) is 4.53. The number of nitriles is 1. The molecular weight excluding hydrogens is 381 g/mol. The summed E-state index contributed by atoms with van der Waals surface area (Å²) in [6.45, 7) is 1.02. The molecule has 0 aromatic heterocycles. The largest absolute Gasteiger partial charge is 0.497 e. The molecule has 1 N–H and O–H groups in total. The average molecular weight is 403 g/mol. The molecule has 0 unspecified atom stereocenters. The van der Waals surface area contributed by atoms with Gasteiger partial charge in [-0.15, -0.1) is 0 Å². The number of rotatable bonds is 8. The lowest BCUT2D eigenvalue weighted by Crippen LogP contribution is -2.32. The molecule has 0 spiro atoms. The normalized spacial score (nSPS) is 10.5. The molecular formula is C24H22FN3O2. The van der Waals surface area contributed by atoms with Crippen molar-refractivity contribution >= 4 is 11.6 Å². The fourth-order valence-electron chi connectivity index (χ4n) is 3.08. The molecule has 152 valence electrons. The van der Waals surface area contributed by atoms with Crippen molar-refractivity contribution in [2.24, 2.45) is 0 Å². The lowest BCUT2D eigenvalue weighted by molar-refractivity contribution is -0.117. The number of benzene rings is 3. The molecule has 0 atom stereocenters. The maximum absolute atomic E-state index is 13.6. The number of ether oxygens (including phenoxy) is 1. The van der Waals surface area contributed by atoms with Crippen LogP contribution in [0.1, 0.15) is 16.7 Å². The van der Waals surface area contributed by atoms with Crippen LogP contribution in [-0.4, -0.2) is 24.5 Å². The summed E-state index contributed by atoms with van der Waals surface area (Å²) < 4.78 is 18.7. The molecule has 1 amide bonds. The second-order valence-corrected chi connectivity index (χ2v) is 6.86. The fourth-order valence-corrected chi connectivity index (χ4v) is 3.08. The molecule has 0 radical (unpaired) electrons. The molecule has 6 heteroatoms. The highest BCUT2D eigenvalue weighted by atomic mass is 19.1. The van der Waals surface area contributed by atoms with Gasteiger partial charge in [0.1, 0.15) is 11.6 Å². The summed E-state index contributed by atoms with van der Waals surface area (Å²) in [7, 11) is 1.58. The van der Waals surface area contributed by atoms with Crippen LogP contribution in [0.15, 0.2) is 72.8 Å². The molecule has 3 aromatic rings. The Labute approximate surface area is 175 Å². The number of anilines is 1. The summed E-state index contributed by atoms with van der Waals surface area (Å²) in [4.78, 5) is 14.5. The number of nitrogens with one attached hydrogen (secondary N) is 1. The third kappa shape index (κ3) is 6.16. The molecule has 0 saturated carbocycles. The van der Waals surface area contributed by atoms with Crippen LogP contribution in [0.3, 0.4) is 0 Å². The number of nitrogens with zero attached hydrogens (tertiary/aromatic N) is 2. The second-order valence-electron chi connectivity index (χ2n) is 6.86. The first-order valence-corrected chi connectivity index (χ1v) is 9.45. The van der Waals surface area contributed by atoms with Gasteiger partial charge in [0.2, 0.25) is 5.91 Å². The number of methoxy groups -OCH3 is 1. The predicted molar refractivity (Wildman–Crippen MR) is 113 cm³/mol. The molecule has 0 fully saturated rings. The van der Waals surface area contributed by atoms with Crippen molar-refractivity contribution in [2.75, 3.05) is 19.0 Å². The summed E-state index contributed by atoms with van der Waals surface area (Å²) in [5, 5.41) is 11.8. The van der Waals surface area contributed by atoms with Gasteiger partial charge in [-0.3, -0.25) is 9.69 Å². The van der Waals surface area contributed by atoms with Crippen LogP contribution in [0.4, 0.5) is 10.1 Å². The van der Waals surface area contributed by atoms with E-state index >= 15 is 0 Å². The Morgan fingerprint density at radius 3 is 2.37 bits per heavy atom. The zero-order valence-corrected chi connectivity index (χ0v) is 16.6. The quantitative estimate of drug-likeness (QED) is 0.607. The van der Waals surface area contributed by atoms with Crippen LogP contribution in [0.25, 0.3) is 0 Å². The Kier molecular flexibility index (Phi) is 7.14. The van der Waals surface area contributed by atoms with Gasteiger partial charge in [-0.2, -0.15) is 5.26 Å². The van der Waals surface area contributed by atoms with E-state index in [4.69, 9.17) is 10.00 Å². The molecule has 0 heterocycles. The van der Waals surface area contributed by atoms with E-state index in [1.54, 1.807) is 49.6 Å².